The van der Waals surface area contributed by atoms with Crippen molar-refractivity contribution < 1.29 is 28.2 Å². The maximum absolute atomic E-state index is 14.2. The predicted molar refractivity (Wildman–Crippen MR) is 160 cm³/mol. The van der Waals surface area contributed by atoms with Gasteiger partial charge in [-0.3, -0.25) is 9.59 Å². The van der Waals surface area contributed by atoms with Gasteiger partial charge in [-0.25, -0.2) is 0 Å². The molecule has 0 radical (unpaired) electrons. The van der Waals surface area contributed by atoms with Gasteiger partial charge in [0.2, 0.25) is 17.6 Å². The highest BCUT2D eigenvalue weighted by molar-refractivity contribution is 5.90. The Hall–Kier alpha value is -4.40. The fourth-order valence-corrected chi connectivity index (χ4v) is 5.88. The van der Waals surface area contributed by atoms with Crippen molar-refractivity contribution in [3.05, 3.63) is 77.9 Å². The molecule has 2 aromatic carbocycles. The van der Waals surface area contributed by atoms with Crippen LogP contribution in [0.3, 0.4) is 0 Å². The number of nitrogens with one attached hydrogen (secondary N) is 2. The molecule has 0 unspecified atom stereocenters. The number of hydrogen-bond acceptors (Lipinski definition) is 6. The number of rotatable bonds is 12. The first-order chi connectivity index (χ1) is 20.5. The number of carbonyl (C=O) groups excluding carboxylic acids is 2. The fraction of sp³-hybridized carbons (Fsp3) is 0.394. The van der Waals surface area contributed by atoms with Crippen molar-refractivity contribution in [2.45, 2.75) is 63.6 Å². The Balaban J connectivity index is 1.52. The van der Waals surface area contributed by atoms with Crippen molar-refractivity contribution >= 4 is 22.7 Å². The van der Waals surface area contributed by atoms with E-state index in [1.54, 1.807) is 29.4 Å². The first-order valence-corrected chi connectivity index (χ1v) is 14.5. The molecule has 1 saturated carbocycles. The molecule has 2 aromatic heterocycles. The predicted octanol–water partition coefficient (Wildman–Crippen LogP) is 5.94. The topological polar surface area (TPSA) is 106 Å². The van der Waals surface area contributed by atoms with E-state index in [-0.39, 0.29) is 30.8 Å². The quantitative estimate of drug-likeness (QED) is 0.217. The molecule has 2 N–H and O–H groups in total. The van der Waals surface area contributed by atoms with Crippen LogP contribution < -0.4 is 19.5 Å². The minimum Gasteiger partial charge on any atom is -0.493 e. The zero-order valence-electron chi connectivity index (χ0n) is 24.5. The van der Waals surface area contributed by atoms with Crippen LogP contribution in [0.4, 0.5) is 0 Å². The minimum absolute atomic E-state index is 0.0579. The summed E-state index contributed by atoms with van der Waals surface area (Å²) in [4.78, 5) is 33.2. The highest BCUT2D eigenvalue weighted by Crippen LogP contribution is 2.41. The van der Waals surface area contributed by atoms with Crippen LogP contribution in [-0.2, 0) is 22.6 Å². The van der Waals surface area contributed by atoms with Crippen LogP contribution in [0.1, 0.15) is 61.5 Å². The molecule has 42 heavy (non-hydrogen) atoms. The molecule has 0 saturated heterocycles. The van der Waals surface area contributed by atoms with Crippen LogP contribution in [-0.4, -0.2) is 49.1 Å². The van der Waals surface area contributed by atoms with Crippen LogP contribution >= 0.6 is 0 Å². The van der Waals surface area contributed by atoms with Crippen LogP contribution in [0.15, 0.2) is 65.4 Å². The van der Waals surface area contributed by atoms with Crippen molar-refractivity contribution in [1.29, 1.82) is 0 Å². The Bertz CT molecular complexity index is 1460. The van der Waals surface area contributed by atoms with E-state index in [1.807, 2.05) is 36.5 Å². The second kappa shape index (κ2) is 13.5. The molecule has 2 heterocycles. The summed E-state index contributed by atoms with van der Waals surface area (Å²) in [5.41, 5.74) is 2.63. The number of aryl methyl sites for hydroxylation is 1. The van der Waals surface area contributed by atoms with Gasteiger partial charge in [-0.1, -0.05) is 37.5 Å². The largest absolute Gasteiger partial charge is 0.493 e. The lowest BCUT2D eigenvalue weighted by atomic mass is 9.94. The first kappa shape index (κ1) is 29.1. The van der Waals surface area contributed by atoms with Crippen molar-refractivity contribution in [2.24, 2.45) is 0 Å². The van der Waals surface area contributed by atoms with E-state index in [9.17, 15) is 9.59 Å². The SMILES string of the molecule is COc1cc([C@@H](C(=O)NC2CCCCC2)N(Cc2ccco2)C(=O)CCc2c[nH]c3ccccc23)cc(OC)c1OC. The molecule has 1 aliphatic carbocycles. The maximum Gasteiger partial charge on any atom is 0.247 e. The molecular formula is C33H39N3O6. The van der Waals surface area contributed by atoms with Gasteiger partial charge in [-0.05, 0) is 60.7 Å². The number of para-hydroxylation sites is 1. The number of furan rings is 1. The standard InChI is InChI=1S/C33H39N3O6/c1-39-28-18-23(19-29(40-2)32(28)41-3)31(33(38)35-24-10-5-4-6-11-24)36(21-25-12-9-17-42-25)30(37)16-15-22-20-34-27-14-8-7-13-26(22)27/h7-9,12-14,17-20,24,31,34H,4-6,10-11,15-16,21H2,1-3H3,(H,35,38)/t31-/m0/s1. The van der Waals surface area contributed by atoms with E-state index in [1.165, 1.54) is 27.8 Å². The lowest BCUT2D eigenvalue weighted by Crippen LogP contribution is -2.46. The summed E-state index contributed by atoms with van der Waals surface area (Å²) in [6.45, 7) is 0.124. The summed E-state index contributed by atoms with van der Waals surface area (Å²) in [5.74, 6) is 1.40. The number of methoxy groups -OCH3 is 3. The number of aromatic amines is 1. The number of H-pyrrole nitrogens is 1. The smallest absolute Gasteiger partial charge is 0.247 e. The number of nitrogens with zero attached hydrogens (tertiary/aromatic N) is 1. The Labute approximate surface area is 246 Å². The molecule has 0 spiro atoms. The molecule has 1 aliphatic rings. The van der Waals surface area contributed by atoms with E-state index in [2.05, 4.69) is 10.3 Å². The molecule has 5 rings (SSSR count). The van der Waals surface area contributed by atoms with Gasteiger partial charge in [0.05, 0.1) is 34.1 Å². The van der Waals surface area contributed by atoms with Gasteiger partial charge >= 0.3 is 0 Å². The number of amides is 2. The summed E-state index contributed by atoms with van der Waals surface area (Å²) in [6, 6.07) is 14.2. The monoisotopic (exact) mass is 573 g/mol. The van der Waals surface area contributed by atoms with Gasteiger partial charge in [0, 0.05) is 29.6 Å². The number of fused-ring (bicyclic) bond motifs is 1. The number of benzene rings is 2. The number of carbonyl (C=O) groups is 2. The minimum atomic E-state index is -0.957. The second-order valence-electron chi connectivity index (χ2n) is 10.7. The third-order valence-corrected chi connectivity index (χ3v) is 8.02. The lowest BCUT2D eigenvalue weighted by molar-refractivity contribution is -0.142. The summed E-state index contributed by atoms with van der Waals surface area (Å²) in [5, 5.41) is 4.33. The molecular weight excluding hydrogens is 534 g/mol. The van der Waals surface area contributed by atoms with Crippen LogP contribution in [0.2, 0.25) is 0 Å². The third-order valence-electron chi connectivity index (χ3n) is 8.02. The third kappa shape index (κ3) is 6.40. The highest BCUT2D eigenvalue weighted by Gasteiger charge is 2.35. The van der Waals surface area contributed by atoms with Crippen molar-refractivity contribution in [1.82, 2.24) is 15.2 Å². The van der Waals surface area contributed by atoms with E-state index in [0.717, 1.165) is 42.1 Å². The van der Waals surface area contributed by atoms with Crippen molar-refractivity contribution in [2.75, 3.05) is 21.3 Å². The molecule has 9 nitrogen and oxygen atoms in total. The van der Waals surface area contributed by atoms with Crippen LogP contribution in [0, 0.1) is 0 Å². The number of hydrogen-bond donors (Lipinski definition) is 2. The second-order valence-corrected chi connectivity index (χ2v) is 10.7. The Kier molecular flexibility index (Phi) is 9.36. The molecule has 0 aliphatic heterocycles. The molecule has 9 heteroatoms. The first-order valence-electron chi connectivity index (χ1n) is 14.5. The van der Waals surface area contributed by atoms with Crippen molar-refractivity contribution in [3.63, 3.8) is 0 Å². The van der Waals surface area contributed by atoms with Crippen LogP contribution in [0.25, 0.3) is 10.9 Å². The van der Waals surface area contributed by atoms with E-state index in [4.69, 9.17) is 18.6 Å². The zero-order chi connectivity index (χ0) is 29.5. The van der Waals surface area contributed by atoms with Gasteiger partial charge in [0.25, 0.3) is 0 Å². The molecule has 1 fully saturated rings. The van der Waals surface area contributed by atoms with Crippen LogP contribution in [0.5, 0.6) is 17.2 Å². The molecule has 4 aromatic rings. The summed E-state index contributed by atoms with van der Waals surface area (Å²) in [6.07, 6.45) is 9.38. The molecule has 222 valence electrons. The number of ether oxygens (including phenoxy) is 3. The average molecular weight is 574 g/mol. The van der Waals surface area contributed by atoms with Gasteiger partial charge < -0.3 is 33.8 Å². The maximum atomic E-state index is 14.2. The Morgan fingerprint density at radius 2 is 1.74 bits per heavy atom. The summed E-state index contributed by atoms with van der Waals surface area (Å²) < 4.78 is 22.4. The van der Waals surface area contributed by atoms with E-state index >= 15 is 0 Å². The van der Waals surface area contributed by atoms with Gasteiger partial charge in [-0.2, -0.15) is 0 Å². The molecule has 2 amide bonds. The normalized spacial score (nSPS) is 14.4. The summed E-state index contributed by atoms with van der Waals surface area (Å²) >= 11 is 0. The van der Waals surface area contributed by atoms with Gasteiger partial charge in [-0.15, -0.1) is 0 Å². The Morgan fingerprint density at radius 1 is 1.00 bits per heavy atom. The summed E-state index contributed by atoms with van der Waals surface area (Å²) in [7, 11) is 4.60. The molecule has 0 bridgehead atoms. The van der Waals surface area contributed by atoms with Gasteiger partial charge in [0.15, 0.2) is 11.5 Å². The van der Waals surface area contributed by atoms with E-state index in [0.29, 0.717) is 35.0 Å². The lowest BCUT2D eigenvalue weighted by Gasteiger charge is -2.33. The van der Waals surface area contributed by atoms with Crippen molar-refractivity contribution in [3.8, 4) is 17.2 Å². The average Bonchev–Trinajstić information content (AvgIpc) is 3.69. The van der Waals surface area contributed by atoms with Gasteiger partial charge in [0.1, 0.15) is 11.8 Å². The fourth-order valence-electron chi connectivity index (χ4n) is 5.88. The zero-order valence-corrected chi connectivity index (χ0v) is 24.5. The van der Waals surface area contributed by atoms with E-state index < -0.39 is 6.04 Å². The Morgan fingerprint density at radius 3 is 2.40 bits per heavy atom. The number of aromatic nitrogens is 1. The highest BCUT2D eigenvalue weighted by atomic mass is 16.5. The molecule has 1 atom stereocenters.